The van der Waals surface area contributed by atoms with Gasteiger partial charge in [-0.05, 0) is 30.3 Å². The van der Waals surface area contributed by atoms with Gasteiger partial charge in [-0.15, -0.1) is 5.10 Å². The zero-order valence-corrected chi connectivity index (χ0v) is 12.5. The minimum Gasteiger partial charge on any atom is -0.497 e. The van der Waals surface area contributed by atoms with Gasteiger partial charge in [0.1, 0.15) is 11.4 Å². The van der Waals surface area contributed by atoms with Gasteiger partial charge in [0.25, 0.3) is 5.91 Å². The lowest BCUT2D eigenvalue weighted by Gasteiger charge is -2.05. The molecule has 7 nitrogen and oxygen atoms in total. The van der Waals surface area contributed by atoms with E-state index in [0.717, 1.165) is 5.69 Å². The molecule has 116 valence electrons. The van der Waals surface area contributed by atoms with E-state index >= 15 is 0 Å². The molecule has 1 N–H and O–H groups in total. The van der Waals surface area contributed by atoms with E-state index in [4.69, 9.17) is 4.74 Å². The molecule has 0 spiro atoms. The number of nitrogens with one attached hydrogen (secondary N) is 1. The fourth-order valence-corrected chi connectivity index (χ4v) is 2.03. The van der Waals surface area contributed by atoms with Crippen molar-refractivity contribution >= 4 is 5.91 Å². The maximum Gasteiger partial charge on any atom is 0.251 e. The van der Waals surface area contributed by atoms with Crippen LogP contribution in [0.5, 0.6) is 5.75 Å². The summed E-state index contributed by atoms with van der Waals surface area (Å²) >= 11 is 0. The predicted molar refractivity (Wildman–Crippen MR) is 83.3 cm³/mol. The first kappa shape index (κ1) is 14.7. The molecule has 0 aliphatic rings. The molecule has 1 aromatic carbocycles. The number of pyridine rings is 1. The fraction of sp³-hybridized carbons (Fsp3) is 0.125. The molecule has 7 heteroatoms. The molecule has 3 rings (SSSR count). The molecule has 0 aliphatic carbocycles. The molecule has 0 fully saturated rings. The Morgan fingerprint density at radius 2 is 2.22 bits per heavy atom. The second-order valence-corrected chi connectivity index (χ2v) is 4.78. The number of hydrogen-bond acceptors (Lipinski definition) is 5. The van der Waals surface area contributed by atoms with Crippen LogP contribution in [0, 0.1) is 0 Å². The van der Waals surface area contributed by atoms with E-state index in [1.54, 1.807) is 54.6 Å². The topological polar surface area (TPSA) is 81.9 Å². The largest absolute Gasteiger partial charge is 0.497 e. The average Bonchev–Trinajstić information content (AvgIpc) is 3.09. The molecule has 0 unspecified atom stereocenters. The average molecular weight is 309 g/mol. The van der Waals surface area contributed by atoms with Crippen LogP contribution in [0.2, 0.25) is 0 Å². The minimum atomic E-state index is -0.195. The summed E-state index contributed by atoms with van der Waals surface area (Å²) in [5.74, 6) is 0.444. The Labute approximate surface area is 132 Å². The normalized spacial score (nSPS) is 10.3. The number of nitrogens with zero attached hydrogens (tertiary/aromatic N) is 4. The Bertz CT molecular complexity index is 801. The van der Waals surface area contributed by atoms with Gasteiger partial charge in [-0.25, -0.2) is 4.68 Å². The Hall–Kier alpha value is -3.22. The number of carbonyl (C=O) groups excluding carboxylic acids is 1. The highest BCUT2D eigenvalue weighted by atomic mass is 16.5. The number of benzene rings is 1. The van der Waals surface area contributed by atoms with E-state index in [0.29, 0.717) is 17.0 Å². The van der Waals surface area contributed by atoms with Crippen LogP contribution in [0.3, 0.4) is 0 Å². The van der Waals surface area contributed by atoms with Gasteiger partial charge in [0.2, 0.25) is 0 Å². The molecule has 1 amide bonds. The van der Waals surface area contributed by atoms with Crippen molar-refractivity contribution in [3.63, 3.8) is 0 Å². The summed E-state index contributed by atoms with van der Waals surface area (Å²) in [5, 5.41) is 10.9. The van der Waals surface area contributed by atoms with Crippen LogP contribution in [-0.2, 0) is 6.54 Å². The zero-order chi connectivity index (χ0) is 16.1. The number of carbonyl (C=O) groups is 1. The molecule has 3 aromatic rings. The molecule has 0 bridgehead atoms. The van der Waals surface area contributed by atoms with Crippen molar-refractivity contribution in [2.45, 2.75) is 6.54 Å². The van der Waals surface area contributed by atoms with Crippen LogP contribution in [0.1, 0.15) is 16.1 Å². The highest BCUT2D eigenvalue weighted by Gasteiger charge is 2.08. The quantitative estimate of drug-likeness (QED) is 0.774. The highest BCUT2D eigenvalue weighted by molar-refractivity contribution is 5.94. The lowest BCUT2D eigenvalue weighted by molar-refractivity contribution is 0.0950. The highest BCUT2D eigenvalue weighted by Crippen LogP contribution is 2.12. The van der Waals surface area contributed by atoms with E-state index in [-0.39, 0.29) is 12.5 Å². The number of amides is 1. The van der Waals surface area contributed by atoms with Crippen LogP contribution in [0.4, 0.5) is 0 Å². The molecular formula is C16H15N5O2. The van der Waals surface area contributed by atoms with Crippen LogP contribution >= 0.6 is 0 Å². The van der Waals surface area contributed by atoms with Crippen LogP contribution in [0.15, 0.2) is 55.0 Å². The van der Waals surface area contributed by atoms with E-state index in [1.807, 2.05) is 12.1 Å². The van der Waals surface area contributed by atoms with Crippen LogP contribution in [-0.4, -0.2) is 33.0 Å². The first-order valence-corrected chi connectivity index (χ1v) is 7.00. The molecule has 0 aliphatic heterocycles. The summed E-state index contributed by atoms with van der Waals surface area (Å²) in [6, 6.07) is 10.7. The fourth-order valence-electron chi connectivity index (χ4n) is 2.03. The first-order chi connectivity index (χ1) is 11.3. The molecule has 2 heterocycles. The van der Waals surface area contributed by atoms with E-state index < -0.39 is 0 Å². The van der Waals surface area contributed by atoms with Crippen LogP contribution in [0.25, 0.3) is 5.69 Å². The lowest BCUT2D eigenvalue weighted by atomic mass is 10.2. The number of aromatic nitrogens is 4. The van der Waals surface area contributed by atoms with Crippen molar-refractivity contribution in [3.8, 4) is 11.4 Å². The summed E-state index contributed by atoms with van der Waals surface area (Å²) in [7, 11) is 1.56. The molecule has 0 atom stereocenters. The number of rotatable bonds is 5. The standard InChI is InChI=1S/C16H15N5O2/c1-23-15-6-2-4-12(8-15)16(22)18-9-13-11-21(20-19-13)14-5-3-7-17-10-14/h2-8,10-11H,9H2,1H3,(H,18,22). The maximum absolute atomic E-state index is 12.1. The maximum atomic E-state index is 12.1. The Morgan fingerprint density at radius 3 is 3.00 bits per heavy atom. The number of methoxy groups -OCH3 is 1. The van der Waals surface area contributed by atoms with Gasteiger partial charge in [-0.3, -0.25) is 9.78 Å². The third-order valence-corrected chi connectivity index (χ3v) is 3.21. The third kappa shape index (κ3) is 3.52. The van der Waals surface area contributed by atoms with Gasteiger partial charge in [-0.1, -0.05) is 11.3 Å². The van der Waals surface area contributed by atoms with Gasteiger partial charge in [0.15, 0.2) is 0 Å². The van der Waals surface area contributed by atoms with Gasteiger partial charge in [-0.2, -0.15) is 0 Å². The summed E-state index contributed by atoms with van der Waals surface area (Å²) < 4.78 is 6.72. The van der Waals surface area contributed by atoms with Gasteiger partial charge in [0.05, 0.1) is 31.7 Å². The van der Waals surface area contributed by atoms with Crippen molar-refractivity contribution in [3.05, 3.63) is 66.2 Å². The van der Waals surface area contributed by atoms with Crippen molar-refractivity contribution < 1.29 is 9.53 Å². The van der Waals surface area contributed by atoms with E-state index in [2.05, 4.69) is 20.6 Å². The number of ether oxygens (including phenoxy) is 1. The van der Waals surface area contributed by atoms with Gasteiger partial charge in [0, 0.05) is 11.8 Å². The SMILES string of the molecule is COc1cccc(C(=O)NCc2cn(-c3cccnc3)nn2)c1. The monoisotopic (exact) mass is 309 g/mol. The Kier molecular flexibility index (Phi) is 4.28. The molecular weight excluding hydrogens is 294 g/mol. The van der Waals surface area contributed by atoms with E-state index in [1.165, 1.54) is 0 Å². The van der Waals surface area contributed by atoms with Gasteiger partial charge < -0.3 is 10.1 Å². The lowest BCUT2D eigenvalue weighted by Crippen LogP contribution is -2.22. The van der Waals surface area contributed by atoms with Crippen molar-refractivity contribution in [1.29, 1.82) is 0 Å². The molecule has 0 radical (unpaired) electrons. The Morgan fingerprint density at radius 1 is 1.30 bits per heavy atom. The molecule has 2 aromatic heterocycles. The smallest absolute Gasteiger partial charge is 0.251 e. The van der Waals surface area contributed by atoms with Gasteiger partial charge >= 0.3 is 0 Å². The number of hydrogen-bond donors (Lipinski definition) is 1. The molecule has 23 heavy (non-hydrogen) atoms. The summed E-state index contributed by atoms with van der Waals surface area (Å²) in [6.07, 6.45) is 5.13. The second kappa shape index (κ2) is 6.69. The summed E-state index contributed by atoms with van der Waals surface area (Å²) in [4.78, 5) is 16.2. The van der Waals surface area contributed by atoms with E-state index in [9.17, 15) is 4.79 Å². The predicted octanol–water partition coefficient (Wildman–Crippen LogP) is 1.60. The molecule has 0 saturated carbocycles. The third-order valence-electron chi connectivity index (χ3n) is 3.21. The first-order valence-electron chi connectivity index (χ1n) is 7.00. The molecule has 0 saturated heterocycles. The second-order valence-electron chi connectivity index (χ2n) is 4.78. The van der Waals surface area contributed by atoms with Crippen LogP contribution < -0.4 is 10.1 Å². The Balaban J connectivity index is 1.64. The summed E-state index contributed by atoms with van der Waals surface area (Å²) in [6.45, 7) is 0.288. The van der Waals surface area contributed by atoms with Crippen molar-refractivity contribution in [2.75, 3.05) is 7.11 Å². The zero-order valence-electron chi connectivity index (χ0n) is 12.5. The van der Waals surface area contributed by atoms with Crippen molar-refractivity contribution in [1.82, 2.24) is 25.3 Å². The van der Waals surface area contributed by atoms with Crippen molar-refractivity contribution in [2.24, 2.45) is 0 Å². The summed E-state index contributed by atoms with van der Waals surface area (Å²) in [5.41, 5.74) is 2.00. The minimum absolute atomic E-state index is 0.195.